The summed E-state index contributed by atoms with van der Waals surface area (Å²) in [5.41, 5.74) is 9.79. The van der Waals surface area contributed by atoms with Gasteiger partial charge < -0.3 is 16.4 Å². The van der Waals surface area contributed by atoms with Crippen molar-refractivity contribution in [1.82, 2.24) is 15.3 Å². The molecule has 7 heteroatoms. The molecule has 0 radical (unpaired) electrons. The number of rotatable bonds is 3. The van der Waals surface area contributed by atoms with Gasteiger partial charge in [-0.15, -0.1) is 11.3 Å². The Balaban J connectivity index is 1.45. The van der Waals surface area contributed by atoms with Crippen LogP contribution in [0.25, 0.3) is 31.4 Å². The minimum absolute atomic E-state index is 0.143. The lowest BCUT2D eigenvalue weighted by atomic mass is 9.93. The van der Waals surface area contributed by atoms with Crippen molar-refractivity contribution in [2.45, 2.75) is 25.3 Å². The van der Waals surface area contributed by atoms with Crippen molar-refractivity contribution in [2.24, 2.45) is 0 Å². The Morgan fingerprint density at radius 2 is 1.96 bits per heavy atom. The largest absolute Gasteiger partial charge is 0.382 e. The van der Waals surface area contributed by atoms with Crippen LogP contribution in [0.15, 0.2) is 48.8 Å². The first-order chi connectivity index (χ1) is 13.7. The number of nitrogens with zero attached hydrogens (tertiary/aromatic N) is 2. The van der Waals surface area contributed by atoms with E-state index >= 15 is 0 Å². The fourth-order valence-electron chi connectivity index (χ4n) is 3.45. The molecule has 28 heavy (non-hydrogen) atoms. The Labute approximate surface area is 165 Å². The zero-order chi connectivity index (χ0) is 19.1. The molecule has 1 fully saturated rings. The fourth-order valence-corrected chi connectivity index (χ4v) is 4.55. The van der Waals surface area contributed by atoms with Crippen molar-refractivity contribution in [1.29, 1.82) is 0 Å². The van der Waals surface area contributed by atoms with Gasteiger partial charge in [-0.25, -0.2) is 14.8 Å². The van der Waals surface area contributed by atoms with E-state index in [0.717, 1.165) is 50.0 Å². The molecule has 0 spiro atoms. The summed E-state index contributed by atoms with van der Waals surface area (Å²) in [5.74, 6) is 0.511. The average Bonchev–Trinajstić information content (AvgIpc) is 3.04. The Morgan fingerprint density at radius 3 is 2.79 bits per heavy atom. The molecule has 0 bridgehead atoms. The molecule has 0 unspecified atom stereocenters. The van der Waals surface area contributed by atoms with Gasteiger partial charge in [-0.05, 0) is 48.6 Å². The molecule has 1 saturated carbocycles. The molecule has 0 atom stereocenters. The van der Waals surface area contributed by atoms with E-state index in [-0.39, 0.29) is 6.03 Å². The lowest BCUT2D eigenvalue weighted by Gasteiger charge is -2.26. The van der Waals surface area contributed by atoms with Crippen LogP contribution in [0.3, 0.4) is 0 Å². The fraction of sp³-hybridized carbons (Fsp3) is 0.190. The van der Waals surface area contributed by atoms with Crippen LogP contribution in [-0.4, -0.2) is 22.0 Å². The van der Waals surface area contributed by atoms with Gasteiger partial charge in [0.1, 0.15) is 12.1 Å². The standard InChI is InChI=1S/C21H19N5OS/c22-20-19-18(23-11-24-20)16-8-7-13(10-17(16)28-19)12-3-1-6-15(9-12)26-21(27)25-14-4-2-5-14/h1,3,6-11,14H,2,4-5H2,(H2,22,23,24)(H2,25,26,27). The summed E-state index contributed by atoms with van der Waals surface area (Å²) in [5, 5.41) is 7.01. The van der Waals surface area contributed by atoms with Crippen LogP contribution >= 0.6 is 11.3 Å². The topological polar surface area (TPSA) is 92.9 Å². The van der Waals surface area contributed by atoms with E-state index in [1.807, 2.05) is 24.3 Å². The molecule has 1 aliphatic rings. The average molecular weight is 389 g/mol. The molecule has 2 aromatic carbocycles. The van der Waals surface area contributed by atoms with Crippen molar-refractivity contribution < 1.29 is 4.79 Å². The summed E-state index contributed by atoms with van der Waals surface area (Å²) in [4.78, 5) is 20.6. The van der Waals surface area contributed by atoms with Crippen LogP contribution in [0.2, 0.25) is 0 Å². The molecule has 4 N–H and O–H groups in total. The number of hydrogen-bond donors (Lipinski definition) is 3. The molecule has 2 amide bonds. The minimum atomic E-state index is -0.143. The van der Waals surface area contributed by atoms with Crippen molar-refractivity contribution in [3.63, 3.8) is 0 Å². The number of hydrogen-bond acceptors (Lipinski definition) is 5. The van der Waals surface area contributed by atoms with Gasteiger partial charge >= 0.3 is 6.03 Å². The molecule has 140 valence electrons. The van der Waals surface area contributed by atoms with E-state index in [1.54, 1.807) is 11.3 Å². The third kappa shape index (κ3) is 3.03. The van der Waals surface area contributed by atoms with Gasteiger partial charge in [0.15, 0.2) is 0 Å². The predicted octanol–water partition coefficient (Wildman–Crippen LogP) is 4.77. The first-order valence-corrected chi connectivity index (χ1v) is 10.1. The lowest BCUT2D eigenvalue weighted by Crippen LogP contribution is -2.41. The number of urea groups is 1. The summed E-state index contributed by atoms with van der Waals surface area (Å²) in [6.07, 6.45) is 4.83. The monoisotopic (exact) mass is 389 g/mol. The number of carbonyl (C=O) groups is 1. The van der Waals surface area contributed by atoms with Gasteiger partial charge in [-0.1, -0.05) is 24.3 Å². The number of benzene rings is 2. The maximum atomic E-state index is 12.1. The first-order valence-electron chi connectivity index (χ1n) is 9.28. The summed E-state index contributed by atoms with van der Waals surface area (Å²) in [6.45, 7) is 0. The van der Waals surface area contributed by atoms with E-state index in [0.29, 0.717) is 11.9 Å². The minimum Gasteiger partial charge on any atom is -0.382 e. The van der Waals surface area contributed by atoms with Crippen molar-refractivity contribution >= 4 is 49.2 Å². The Morgan fingerprint density at radius 1 is 1.11 bits per heavy atom. The van der Waals surface area contributed by atoms with Crippen LogP contribution in [0, 0.1) is 0 Å². The molecular weight excluding hydrogens is 370 g/mol. The second kappa shape index (κ2) is 6.76. The second-order valence-electron chi connectivity index (χ2n) is 7.06. The smallest absolute Gasteiger partial charge is 0.319 e. The predicted molar refractivity (Wildman–Crippen MR) is 115 cm³/mol. The molecule has 4 aromatic rings. The number of carbonyl (C=O) groups excluding carboxylic acids is 1. The van der Waals surface area contributed by atoms with Crippen LogP contribution in [0.5, 0.6) is 0 Å². The number of anilines is 2. The number of nitrogen functional groups attached to an aromatic ring is 1. The first kappa shape index (κ1) is 16.9. The van der Waals surface area contributed by atoms with Crippen LogP contribution in [-0.2, 0) is 0 Å². The zero-order valence-electron chi connectivity index (χ0n) is 15.1. The third-order valence-corrected chi connectivity index (χ3v) is 6.34. The van der Waals surface area contributed by atoms with E-state index in [2.05, 4.69) is 38.8 Å². The van der Waals surface area contributed by atoms with Gasteiger partial charge in [-0.3, -0.25) is 0 Å². The Hall–Kier alpha value is -3.19. The highest BCUT2D eigenvalue weighted by molar-refractivity contribution is 7.26. The zero-order valence-corrected chi connectivity index (χ0v) is 15.9. The maximum Gasteiger partial charge on any atom is 0.319 e. The summed E-state index contributed by atoms with van der Waals surface area (Å²) in [7, 11) is 0. The molecule has 6 nitrogen and oxygen atoms in total. The highest BCUT2D eigenvalue weighted by atomic mass is 32.1. The van der Waals surface area contributed by atoms with Gasteiger partial charge in [0.05, 0.1) is 10.2 Å². The quantitative estimate of drug-likeness (QED) is 0.471. The molecule has 2 heterocycles. The van der Waals surface area contributed by atoms with Crippen LogP contribution in [0.4, 0.5) is 16.3 Å². The van der Waals surface area contributed by atoms with Crippen molar-refractivity contribution in [3.8, 4) is 11.1 Å². The van der Waals surface area contributed by atoms with Gasteiger partial charge in [-0.2, -0.15) is 0 Å². The number of amides is 2. The number of thiophene rings is 1. The van der Waals surface area contributed by atoms with E-state index in [1.165, 1.54) is 12.7 Å². The van der Waals surface area contributed by atoms with Gasteiger partial charge in [0.25, 0.3) is 0 Å². The molecule has 0 saturated heterocycles. The molecule has 5 rings (SSSR count). The Kier molecular flexibility index (Phi) is 4.09. The summed E-state index contributed by atoms with van der Waals surface area (Å²) in [6, 6.07) is 14.3. The van der Waals surface area contributed by atoms with Gasteiger partial charge in [0.2, 0.25) is 0 Å². The van der Waals surface area contributed by atoms with Crippen LogP contribution < -0.4 is 16.4 Å². The molecular formula is C21H19N5OS. The number of fused-ring (bicyclic) bond motifs is 3. The second-order valence-corrected chi connectivity index (χ2v) is 8.11. The third-order valence-electron chi connectivity index (χ3n) is 5.17. The van der Waals surface area contributed by atoms with E-state index in [9.17, 15) is 4.79 Å². The van der Waals surface area contributed by atoms with E-state index in [4.69, 9.17) is 5.73 Å². The molecule has 2 aromatic heterocycles. The summed E-state index contributed by atoms with van der Waals surface area (Å²) < 4.78 is 2.03. The van der Waals surface area contributed by atoms with Crippen molar-refractivity contribution in [2.75, 3.05) is 11.1 Å². The van der Waals surface area contributed by atoms with Crippen molar-refractivity contribution in [3.05, 3.63) is 48.8 Å². The number of nitrogens with one attached hydrogen (secondary N) is 2. The van der Waals surface area contributed by atoms with Gasteiger partial charge in [0, 0.05) is 21.8 Å². The highest BCUT2D eigenvalue weighted by Crippen LogP contribution is 2.37. The highest BCUT2D eigenvalue weighted by Gasteiger charge is 2.19. The number of aromatic nitrogens is 2. The lowest BCUT2D eigenvalue weighted by molar-refractivity contribution is 0.240. The molecule has 1 aliphatic carbocycles. The molecule has 0 aliphatic heterocycles. The van der Waals surface area contributed by atoms with E-state index < -0.39 is 0 Å². The maximum absolute atomic E-state index is 12.1. The Bertz CT molecular complexity index is 1200. The summed E-state index contributed by atoms with van der Waals surface area (Å²) >= 11 is 1.60. The normalized spacial score (nSPS) is 14.1. The number of nitrogens with two attached hydrogens (primary N) is 1. The SMILES string of the molecule is Nc1ncnc2c1sc1cc(-c3cccc(NC(=O)NC4CCC4)c3)ccc12. The van der Waals surface area contributed by atoms with Crippen LogP contribution in [0.1, 0.15) is 19.3 Å².